The molecule has 1 aliphatic heterocycles. The number of nitrogens with zero attached hydrogens (tertiary/aromatic N) is 2. The van der Waals surface area contributed by atoms with E-state index >= 15 is 0 Å². The Labute approximate surface area is 120 Å². The highest BCUT2D eigenvalue weighted by molar-refractivity contribution is 7.09. The zero-order valence-electron chi connectivity index (χ0n) is 12.1. The first-order chi connectivity index (χ1) is 9.24. The van der Waals surface area contributed by atoms with E-state index in [2.05, 4.69) is 29.4 Å². The third-order valence-electron chi connectivity index (χ3n) is 4.45. The van der Waals surface area contributed by atoms with E-state index in [4.69, 9.17) is 4.98 Å². The molecular formula is C15H25N3S. The predicted molar refractivity (Wildman–Crippen MR) is 80.6 cm³/mol. The molecule has 1 aliphatic carbocycles. The van der Waals surface area contributed by atoms with Crippen molar-refractivity contribution in [3.8, 4) is 0 Å². The molecule has 4 heteroatoms. The molecule has 3 rings (SSSR count). The van der Waals surface area contributed by atoms with Crippen molar-refractivity contribution in [1.29, 1.82) is 0 Å². The van der Waals surface area contributed by atoms with Crippen molar-refractivity contribution in [3.63, 3.8) is 0 Å². The normalized spacial score (nSPS) is 25.7. The van der Waals surface area contributed by atoms with Gasteiger partial charge in [0.1, 0.15) is 0 Å². The summed E-state index contributed by atoms with van der Waals surface area (Å²) in [5.74, 6) is 0.830. The van der Waals surface area contributed by atoms with Crippen LogP contribution in [0.4, 0.5) is 0 Å². The Bertz CT molecular complexity index is 407. The van der Waals surface area contributed by atoms with E-state index in [-0.39, 0.29) is 0 Å². The molecule has 0 spiro atoms. The summed E-state index contributed by atoms with van der Waals surface area (Å²) < 4.78 is 0. The number of hydrogen-bond donors (Lipinski definition) is 1. The van der Waals surface area contributed by atoms with Crippen LogP contribution in [0.15, 0.2) is 5.38 Å². The minimum atomic E-state index is 0.486. The van der Waals surface area contributed by atoms with Gasteiger partial charge in [0.25, 0.3) is 0 Å². The predicted octanol–water partition coefficient (Wildman–Crippen LogP) is 2.98. The van der Waals surface area contributed by atoms with Crippen LogP contribution in [0.2, 0.25) is 0 Å². The van der Waals surface area contributed by atoms with E-state index in [0.717, 1.165) is 12.0 Å². The highest BCUT2D eigenvalue weighted by atomic mass is 32.1. The summed E-state index contributed by atoms with van der Waals surface area (Å²) in [5, 5.41) is 6.98. The van der Waals surface area contributed by atoms with Gasteiger partial charge >= 0.3 is 0 Å². The fourth-order valence-electron chi connectivity index (χ4n) is 3.15. The van der Waals surface area contributed by atoms with Gasteiger partial charge < -0.3 is 5.32 Å². The fraction of sp³-hybridized carbons (Fsp3) is 0.800. The van der Waals surface area contributed by atoms with Crippen LogP contribution < -0.4 is 5.32 Å². The van der Waals surface area contributed by atoms with E-state index < -0.39 is 0 Å². The van der Waals surface area contributed by atoms with Gasteiger partial charge in [-0.1, -0.05) is 0 Å². The Morgan fingerprint density at radius 3 is 2.89 bits per heavy atom. The lowest BCUT2D eigenvalue weighted by Gasteiger charge is -2.33. The highest BCUT2D eigenvalue weighted by Gasteiger charge is 2.35. The molecule has 1 saturated heterocycles. The summed E-state index contributed by atoms with van der Waals surface area (Å²) in [6.07, 6.45) is 5.49. The molecular weight excluding hydrogens is 254 g/mol. The highest BCUT2D eigenvalue weighted by Crippen LogP contribution is 2.35. The number of thiazole rings is 1. The molecule has 106 valence electrons. The lowest BCUT2D eigenvalue weighted by molar-refractivity contribution is 0.152. The van der Waals surface area contributed by atoms with Crippen LogP contribution >= 0.6 is 11.3 Å². The molecule has 2 fully saturated rings. The van der Waals surface area contributed by atoms with E-state index in [1.54, 1.807) is 11.3 Å². The molecule has 1 saturated carbocycles. The molecule has 1 aromatic heterocycles. The molecule has 2 atom stereocenters. The molecule has 0 bridgehead atoms. The first kappa shape index (κ1) is 13.5. The number of piperidine rings is 1. The minimum absolute atomic E-state index is 0.486. The summed E-state index contributed by atoms with van der Waals surface area (Å²) in [5.41, 5.74) is 1.28. The van der Waals surface area contributed by atoms with Crippen molar-refractivity contribution in [3.05, 3.63) is 16.1 Å². The Balaban J connectivity index is 1.66. The molecule has 2 heterocycles. The van der Waals surface area contributed by atoms with Gasteiger partial charge in [-0.25, -0.2) is 4.98 Å². The van der Waals surface area contributed by atoms with E-state index in [1.807, 2.05) is 0 Å². The molecule has 0 amide bonds. The third-order valence-corrected chi connectivity index (χ3v) is 5.24. The number of rotatable bonds is 5. The first-order valence-electron chi connectivity index (χ1n) is 7.62. The smallest absolute Gasteiger partial charge is 0.0898 e. The minimum Gasteiger partial charge on any atom is -0.316 e. The molecule has 2 unspecified atom stereocenters. The van der Waals surface area contributed by atoms with E-state index in [1.165, 1.54) is 56.0 Å². The Morgan fingerprint density at radius 1 is 1.47 bits per heavy atom. The molecule has 0 radical (unpaired) electrons. The summed E-state index contributed by atoms with van der Waals surface area (Å²) in [6.45, 7) is 8.10. The van der Waals surface area contributed by atoms with Gasteiger partial charge in [-0.15, -0.1) is 11.3 Å². The summed E-state index contributed by atoms with van der Waals surface area (Å²) in [4.78, 5) is 7.41. The quantitative estimate of drug-likeness (QED) is 0.898. The fourth-order valence-corrected chi connectivity index (χ4v) is 3.85. The van der Waals surface area contributed by atoms with Gasteiger partial charge in [-0.2, -0.15) is 0 Å². The number of nitrogens with one attached hydrogen (secondary N) is 1. The average Bonchev–Trinajstić information content (AvgIpc) is 3.18. The maximum atomic E-state index is 4.70. The number of aromatic nitrogens is 1. The average molecular weight is 279 g/mol. The lowest BCUT2D eigenvalue weighted by Crippen LogP contribution is -2.40. The second-order valence-corrected chi connectivity index (χ2v) is 7.17. The van der Waals surface area contributed by atoms with Crippen molar-refractivity contribution in [2.24, 2.45) is 5.92 Å². The summed E-state index contributed by atoms with van der Waals surface area (Å²) in [7, 11) is 0. The maximum absolute atomic E-state index is 4.70. The van der Waals surface area contributed by atoms with Gasteiger partial charge in [0.2, 0.25) is 0 Å². The molecule has 0 aromatic carbocycles. The van der Waals surface area contributed by atoms with Crippen LogP contribution in [0.3, 0.4) is 0 Å². The van der Waals surface area contributed by atoms with Crippen LogP contribution in [-0.4, -0.2) is 35.6 Å². The summed E-state index contributed by atoms with van der Waals surface area (Å²) >= 11 is 1.78. The van der Waals surface area contributed by atoms with Crippen LogP contribution in [0, 0.1) is 12.8 Å². The van der Waals surface area contributed by atoms with Gasteiger partial charge in [0.15, 0.2) is 0 Å². The van der Waals surface area contributed by atoms with Crippen LogP contribution in [-0.2, 0) is 0 Å². The topological polar surface area (TPSA) is 28.2 Å². The summed E-state index contributed by atoms with van der Waals surface area (Å²) in [6, 6.07) is 1.30. The number of aryl methyl sites for hydroxylation is 1. The van der Waals surface area contributed by atoms with Crippen molar-refractivity contribution in [1.82, 2.24) is 15.2 Å². The van der Waals surface area contributed by atoms with Gasteiger partial charge in [0.05, 0.1) is 16.7 Å². The number of hydrogen-bond acceptors (Lipinski definition) is 4. The van der Waals surface area contributed by atoms with Crippen LogP contribution in [0.1, 0.15) is 49.4 Å². The zero-order valence-corrected chi connectivity index (χ0v) is 12.9. The SMILES string of the molecule is Cc1nc(C(C)N(CC2CCCNC2)C2CC2)cs1. The Morgan fingerprint density at radius 2 is 2.32 bits per heavy atom. The molecule has 1 aromatic rings. The zero-order chi connectivity index (χ0) is 13.2. The van der Waals surface area contributed by atoms with Crippen molar-refractivity contribution >= 4 is 11.3 Å². The van der Waals surface area contributed by atoms with Crippen LogP contribution in [0.25, 0.3) is 0 Å². The van der Waals surface area contributed by atoms with Crippen molar-refractivity contribution in [2.75, 3.05) is 19.6 Å². The van der Waals surface area contributed by atoms with Gasteiger partial charge in [0, 0.05) is 18.0 Å². The van der Waals surface area contributed by atoms with Gasteiger partial charge in [-0.3, -0.25) is 4.90 Å². The lowest BCUT2D eigenvalue weighted by atomic mass is 9.98. The van der Waals surface area contributed by atoms with Gasteiger partial charge in [-0.05, 0) is 58.5 Å². The molecule has 3 nitrogen and oxygen atoms in total. The monoisotopic (exact) mass is 279 g/mol. The van der Waals surface area contributed by atoms with Crippen molar-refractivity contribution < 1.29 is 0 Å². The first-order valence-corrected chi connectivity index (χ1v) is 8.50. The van der Waals surface area contributed by atoms with Crippen LogP contribution in [0.5, 0.6) is 0 Å². The molecule has 19 heavy (non-hydrogen) atoms. The molecule has 2 aliphatic rings. The maximum Gasteiger partial charge on any atom is 0.0898 e. The van der Waals surface area contributed by atoms with Crippen molar-refractivity contribution in [2.45, 2.75) is 51.6 Å². The second kappa shape index (κ2) is 5.90. The Hall–Kier alpha value is -0.450. The second-order valence-electron chi connectivity index (χ2n) is 6.11. The largest absolute Gasteiger partial charge is 0.316 e. The standard InChI is InChI=1S/C15H25N3S/c1-11(15-10-19-12(2)17-15)18(14-5-6-14)9-13-4-3-7-16-8-13/h10-11,13-14,16H,3-9H2,1-2H3. The third kappa shape index (κ3) is 3.36. The van der Waals surface area contributed by atoms with E-state index in [0.29, 0.717) is 6.04 Å². The molecule has 1 N–H and O–H groups in total. The van der Waals surface area contributed by atoms with E-state index in [9.17, 15) is 0 Å². The Kier molecular flexibility index (Phi) is 4.20.